The van der Waals surface area contributed by atoms with E-state index in [1.807, 2.05) is 24.3 Å². The fourth-order valence-corrected chi connectivity index (χ4v) is 8.15. The molecule has 3 atom stereocenters. The van der Waals surface area contributed by atoms with E-state index in [0.29, 0.717) is 53.4 Å². The van der Waals surface area contributed by atoms with E-state index >= 15 is 0 Å². The van der Waals surface area contributed by atoms with Crippen molar-refractivity contribution in [2.24, 2.45) is 17.8 Å². The smallest absolute Gasteiger partial charge is 0.336 e. The first kappa shape index (κ1) is 37.5. The average molecular weight is 763 g/mol. The van der Waals surface area contributed by atoms with Crippen molar-refractivity contribution in [1.29, 1.82) is 0 Å². The van der Waals surface area contributed by atoms with Gasteiger partial charge in [0, 0.05) is 48.0 Å². The number of carbonyl (C=O) groups is 4. The number of phenolic OH excluding ortho intramolecular Hbond substituents is 1. The van der Waals surface area contributed by atoms with Crippen LogP contribution in [0.15, 0.2) is 100 Å². The summed E-state index contributed by atoms with van der Waals surface area (Å²) in [6.07, 6.45) is 6.04. The minimum absolute atomic E-state index is 0.0965. The van der Waals surface area contributed by atoms with Crippen LogP contribution in [0, 0.1) is 17.8 Å². The maximum atomic E-state index is 13.6. The molecule has 0 saturated carbocycles. The van der Waals surface area contributed by atoms with Gasteiger partial charge in [-0.2, -0.15) is 0 Å². The predicted molar refractivity (Wildman–Crippen MR) is 208 cm³/mol. The Morgan fingerprint density at radius 2 is 1.73 bits per heavy atom. The molecule has 13 heteroatoms. The molecule has 0 aromatic heterocycles. The van der Waals surface area contributed by atoms with Gasteiger partial charge in [-0.15, -0.1) is 0 Å². The summed E-state index contributed by atoms with van der Waals surface area (Å²) in [6.45, 7) is 3.33. The molecule has 7 rings (SSSR count). The number of hydrogen-bond acceptors (Lipinski definition) is 9. The zero-order chi connectivity index (χ0) is 39.0. The highest BCUT2D eigenvalue weighted by atomic mass is 31.2. The van der Waals surface area contributed by atoms with E-state index in [4.69, 9.17) is 8.94 Å². The number of rotatable bonds is 12. The summed E-state index contributed by atoms with van der Waals surface area (Å²) in [5.74, 6) is -3.13. The molecular weight excluding hydrogens is 723 g/mol. The number of carbonyl (C=O) groups excluding carboxylic acids is 3. The molecule has 1 fully saturated rings. The zero-order valence-electron chi connectivity index (χ0n) is 30.2. The number of amides is 3. The van der Waals surface area contributed by atoms with Gasteiger partial charge in [-0.05, 0) is 85.2 Å². The molecule has 3 unspecified atom stereocenters. The van der Waals surface area contributed by atoms with Gasteiger partial charge < -0.3 is 24.5 Å². The summed E-state index contributed by atoms with van der Waals surface area (Å²) in [7, 11) is -2.66. The van der Waals surface area contributed by atoms with Gasteiger partial charge in [0.1, 0.15) is 5.76 Å². The lowest BCUT2D eigenvalue weighted by Crippen LogP contribution is -2.32. The molecule has 0 spiro atoms. The molecule has 282 valence electrons. The summed E-state index contributed by atoms with van der Waals surface area (Å²) >= 11 is 0. The second-order valence-electron chi connectivity index (χ2n) is 14.3. The molecule has 3 N–H and O–H groups in total. The van der Waals surface area contributed by atoms with Crippen LogP contribution in [0.5, 0.6) is 5.75 Å². The fraction of sp³-hybridized carbons (Fsp3) is 0.262. The van der Waals surface area contributed by atoms with Crippen LogP contribution in [0.4, 0.5) is 11.4 Å². The van der Waals surface area contributed by atoms with Crippen molar-refractivity contribution in [3.05, 3.63) is 112 Å². The van der Waals surface area contributed by atoms with Crippen molar-refractivity contribution in [2.75, 3.05) is 30.2 Å². The molecule has 1 saturated heterocycles. The first-order chi connectivity index (χ1) is 26.3. The number of imide groups is 1. The van der Waals surface area contributed by atoms with Crippen LogP contribution in [-0.4, -0.2) is 53.8 Å². The number of aromatic carboxylic acids is 1. The summed E-state index contributed by atoms with van der Waals surface area (Å²) < 4.78 is 23.3. The summed E-state index contributed by atoms with van der Waals surface area (Å²) in [5.41, 5.74) is 2.64. The minimum Gasteiger partial charge on any atom is -0.504 e. The maximum absolute atomic E-state index is 13.6. The lowest BCUT2D eigenvalue weighted by Gasteiger charge is -2.26. The predicted octanol–water partition coefficient (Wildman–Crippen LogP) is 7.56. The number of anilines is 2. The van der Waals surface area contributed by atoms with E-state index in [1.54, 1.807) is 55.8 Å². The van der Waals surface area contributed by atoms with E-state index < -0.39 is 25.2 Å². The second-order valence-corrected chi connectivity index (χ2v) is 17.0. The van der Waals surface area contributed by atoms with Crippen molar-refractivity contribution >= 4 is 53.4 Å². The summed E-state index contributed by atoms with van der Waals surface area (Å²) in [4.78, 5) is 65.9. The molecular formula is C42H39N2O10P. The van der Waals surface area contributed by atoms with Crippen LogP contribution in [0.3, 0.4) is 0 Å². The standard InChI is InChI=1S/C42H39N2O10P/c1-55(2,52)53-21-20-25-7-4-9-32-37(25)41(49)44(40(32)48)27-15-12-24(13-16-27)6-3-11-36(47)43-26-14-18-29(33(22-26)42(50)51)38-30-19-17-28(45)23-35(30)54-39-31(38)8-5-10-34(39)46/h4-5,7-8,10,12-19,22-23,25,32,37,46H,3,6,9,11,20-21H2,1-2H3,(H,43,47)(H,50,51). The number of aromatic hydroxyl groups is 1. The van der Waals surface area contributed by atoms with E-state index in [2.05, 4.69) is 5.32 Å². The first-order valence-electron chi connectivity index (χ1n) is 18.0. The highest BCUT2D eigenvalue weighted by Crippen LogP contribution is 2.45. The number of phenols is 1. The highest BCUT2D eigenvalue weighted by Gasteiger charge is 2.51. The van der Waals surface area contributed by atoms with Crippen LogP contribution < -0.4 is 15.6 Å². The first-order valence-corrected chi connectivity index (χ1v) is 20.5. The normalized spacial score (nSPS) is 18.2. The molecule has 2 heterocycles. The molecule has 0 bridgehead atoms. The molecule has 12 nitrogen and oxygen atoms in total. The molecule has 3 amide bonds. The molecule has 2 aliphatic heterocycles. The third-order valence-corrected chi connectivity index (χ3v) is 10.9. The summed E-state index contributed by atoms with van der Waals surface area (Å²) in [5, 5.41) is 24.0. The molecule has 3 aromatic carbocycles. The Kier molecular flexibility index (Phi) is 10.3. The molecule has 0 radical (unpaired) electrons. The number of fused-ring (bicyclic) bond motifs is 3. The van der Waals surface area contributed by atoms with Gasteiger partial charge in [0.15, 0.2) is 24.1 Å². The Morgan fingerprint density at radius 1 is 0.964 bits per heavy atom. The van der Waals surface area contributed by atoms with Crippen molar-refractivity contribution in [3.63, 3.8) is 0 Å². The Labute approximate surface area is 316 Å². The van der Waals surface area contributed by atoms with Crippen LogP contribution in [0.1, 0.15) is 41.6 Å². The van der Waals surface area contributed by atoms with E-state index in [1.165, 1.54) is 29.2 Å². The third-order valence-electron chi connectivity index (χ3n) is 10.1. The SMILES string of the molecule is CP(C)(=O)OCCC1C=CCC2C(=O)N(c3ccc(CCCC(=O)Nc4ccc(-c5c6ccc(=O)cc-6oc6c(O)cccc56)c(C(=O)O)c4)cc3)C(=O)C12. The quantitative estimate of drug-likeness (QED) is 0.0497. The number of para-hydroxylation sites is 1. The molecule has 4 aliphatic rings. The average Bonchev–Trinajstić information content (AvgIpc) is 3.40. The Balaban J connectivity index is 1.000. The fourth-order valence-electron chi connectivity index (χ4n) is 7.61. The number of carboxylic acid groups (broad SMARTS) is 1. The van der Waals surface area contributed by atoms with Crippen LogP contribution in [0.25, 0.3) is 33.4 Å². The maximum Gasteiger partial charge on any atom is 0.336 e. The Bertz CT molecular complexity index is 2450. The van der Waals surface area contributed by atoms with E-state index in [9.17, 15) is 38.8 Å². The van der Waals surface area contributed by atoms with Crippen LogP contribution >= 0.6 is 7.37 Å². The van der Waals surface area contributed by atoms with Crippen molar-refractivity contribution in [2.45, 2.75) is 32.1 Å². The van der Waals surface area contributed by atoms with Crippen LogP contribution in [0.2, 0.25) is 0 Å². The van der Waals surface area contributed by atoms with E-state index in [0.717, 1.165) is 5.56 Å². The van der Waals surface area contributed by atoms with E-state index in [-0.39, 0.29) is 70.4 Å². The van der Waals surface area contributed by atoms with Gasteiger partial charge in [-0.25, -0.2) is 4.79 Å². The van der Waals surface area contributed by atoms with Crippen molar-refractivity contribution in [1.82, 2.24) is 0 Å². The highest BCUT2D eigenvalue weighted by molar-refractivity contribution is 7.57. The molecule has 2 aliphatic carbocycles. The number of nitrogens with zero attached hydrogens (tertiary/aromatic N) is 1. The minimum atomic E-state index is -2.66. The third kappa shape index (κ3) is 7.74. The number of hydrogen-bond donors (Lipinski definition) is 3. The lowest BCUT2D eigenvalue weighted by atomic mass is 9.76. The number of allylic oxidation sites excluding steroid dienone is 2. The monoisotopic (exact) mass is 762 g/mol. The molecule has 3 aromatic rings. The number of aryl methyl sites for hydroxylation is 1. The Morgan fingerprint density at radius 3 is 2.47 bits per heavy atom. The van der Waals surface area contributed by atoms with Crippen LogP contribution in [-0.2, 0) is 29.9 Å². The van der Waals surface area contributed by atoms with Gasteiger partial charge in [-0.3, -0.25) is 28.6 Å². The summed E-state index contributed by atoms with van der Waals surface area (Å²) in [6, 6.07) is 20.6. The van der Waals surface area contributed by atoms with Gasteiger partial charge in [-0.1, -0.05) is 42.5 Å². The second kappa shape index (κ2) is 15.1. The van der Waals surface area contributed by atoms with Crippen molar-refractivity contribution < 1.29 is 42.9 Å². The zero-order valence-corrected chi connectivity index (χ0v) is 31.1. The van der Waals surface area contributed by atoms with Crippen molar-refractivity contribution in [3.8, 4) is 28.2 Å². The topological polar surface area (TPSA) is 181 Å². The largest absolute Gasteiger partial charge is 0.504 e. The van der Waals surface area contributed by atoms with Gasteiger partial charge in [0.05, 0.1) is 29.7 Å². The molecule has 55 heavy (non-hydrogen) atoms. The lowest BCUT2D eigenvalue weighted by molar-refractivity contribution is -0.123. The van der Waals surface area contributed by atoms with Gasteiger partial charge in [0.2, 0.25) is 17.7 Å². The Hall–Kier alpha value is -5.84. The number of benzene rings is 4. The number of nitrogens with one attached hydrogen (secondary N) is 1. The number of carboxylic acids is 1. The van der Waals surface area contributed by atoms with Gasteiger partial charge >= 0.3 is 5.97 Å². The van der Waals surface area contributed by atoms with Gasteiger partial charge in [0.25, 0.3) is 0 Å².